The number of aliphatic hydroxyl groups is 1. The number of aliphatic hydroxyl groups excluding tert-OH is 1. The second-order valence-corrected chi connectivity index (χ2v) is 8.55. The van der Waals surface area contributed by atoms with E-state index in [-0.39, 0.29) is 24.1 Å². The Morgan fingerprint density at radius 3 is 2.50 bits per heavy atom. The molecule has 0 saturated heterocycles. The molecule has 186 valence electrons. The molecule has 4 aromatic rings. The largest absolute Gasteiger partial charge is 0.493 e. The highest BCUT2D eigenvalue weighted by atomic mass is 19.1. The van der Waals surface area contributed by atoms with Gasteiger partial charge in [-0.2, -0.15) is 0 Å². The maximum atomic E-state index is 13.7. The van der Waals surface area contributed by atoms with Crippen LogP contribution in [0, 0.1) is 11.6 Å². The van der Waals surface area contributed by atoms with Crippen LogP contribution in [0.5, 0.6) is 5.75 Å². The summed E-state index contributed by atoms with van der Waals surface area (Å²) >= 11 is 0. The molecule has 3 N–H and O–H groups in total. The summed E-state index contributed by atoms with van der Waals surface area (Å²) in [5, 5.41) is 13.6. The third-order valence-electron chi connectivity index (χ3n) is 5.80. The van der Waals surface area contributed by atoms with Crippen molar-refractivity contribution >= 4 is 29.0 Å². The van der Waals surface area contributed by atoms with E-state index in [4.69, 9.17) is 4.74 Å². The monoisotopic (exact) mass is 490 g/mol. The number of ether oxygens (including phenoxy) is 1. The number of nitrogens with one attached hydrogen (secondary N) is 2. The number of benzene rings is 3. The first-order valence-electron chi connectivity index (χ1n) is 11.8. The Bertz CT molecular complexity index is 1360. The van der Waals surface area contributed by atoms with E-state index in [1.54, 1.807) is 36.5 Å². The van der Waals surface area contributed by atoms with Crippen molar-refractivity contribution in [3.63, 3.8) is 0 Å². The fraction of sp³-hybridized carbons (Fsp3) is 0.207. The minimum Gasteiger partial charge on any atom is -0.493 e. The van der Waals surface area contributed by atoms with Crippen LogP contribution >= 0.6 is 0 Å². The summed E-state index contributed by atoms with van der Waals surface area (Å²) in [7, 11) is 0. The SMILES string of the molecule is CCCOc1ccc(C=Cc2ccc(F)cc2)cc1C(=O)NC(CO)Cc1c[nH]c2ccc(F)cc12. The highest BCUT2D eigenvalue weighted by Gasteiger charge is 2.19. The average Bonchev–Trinajstić information content (AvgIpc) is 3.28. The van der Waals surface area contributed by atoms with E-state index >= 15 is 0 Å². The normalized spacial score (nSPS) is 12.2. The zero-order valence-corrected chi connectivity index (χ0v) is 19.9. The van der Waals surface area contributed by atoms with Crippen LogP contribution in [0.15, 0.2) is 66.9 Å². The minimum atomic E-state index is -0.586. The lowest BCUT2D eigenvalue weighted by Gasteiger charge is -2.18. The summed E-state index contributed by atoms with van der Waals surface area (Å²) in [5.41, 5.74) is 3.51. The van der Waals surface area contributed by atoms with Crippen LogP contribution in [0.3, 0.4) is 0 Å². The topological polar surface area (TPSA) is 74.3 Å². The molecule has 0 radical (unpaired) electrons. The fourth-order valence-electron chi connectivity index (χ4n) is 3.94. The smallest absolute Gasteiger partial charge is 0.255 e. The van der Waals surface area contributed by atoms with Gasteiger partial charge in [0.15, 0.2) is 0 Å². The molecule has 7 heteroatoms. The number of aromatic nitrogens is 1. The number of halogens is 2. The molecule has 0 aliphatic rings. The number of carbonyl (C=O) groups is 1. The average molecular weight is 491 g/mol. The Balaban J connectivity index is 1.55. The molecule has 0 fully saturated rings. The predicted octanol–water partition coefficient (Wildman–Crippen LogP) is 5.74. The molecule has 0 bridgehead atoms. The number of fused-ring (bicyclic) bond motifs is 1. The van der Waals surface area contributed by atoms with Crippen LogP contribution in [0.1, 0.15) is 40.4 Å². The molecule has 36 heavy (non-hydrogen) atoms. The van der Waals surface area contributed by atoms with Gasteiger partial charge in [-0.15, -0.1) is 0 Å². The lowest BCUT2D eigenvalue weighted by Crippen LogP contribution is -2.39. The highest BCUT2D eigenvalue weighted by molar-refractivity contribution is 5.98. The van der Waals surface area contributed by atoms with Crippen molar-refractivity contribution in [3.05, 3.63) is 101 Å². The molecular weight excluding hydrogens is 462 g/mol. The Hall–Kier alpha value is -3.97. The van der Waals surface area contributed by atoms with Gasteiger partial charge in [0, 0.05) is 17.1 Å². The Morgan fingerprint density at radius 1 is 1.03 bits per heavy atom. The number of rotatable bonds is 10. The van der Waals surface area contributed by atoms with Crippen LogP contribution in [-0.2, 0) is 6.42 Å². The zero-order chi connectivity index (χ0) is 25.5. The summed E-state index contributed by atoms with van der Waals surface area (Å²) in [6.45, 7) is 2.14. The Labute approximate surface area is 208 Å². The van der Waals surface area contributed by atoms with Gasteiger partial charge in [0.05, 0.1) is 24.8 Å². The number of H-pyrrole nitrogens is 1. The van der Waals surface area contributed by atoms with Crippen molar-refractivity contribution in [2.75, 3.05) is 13.2 Å². The van der Waals surface area contributed by atoms with E-state index < -0.39 is 6.04 Å². The third-order valence-corrected chi connectivity index (χ3v) is 5.80. The first-order valence-corrected chi connectivity index (χ1v) is 11.8. The third kappa shape index (κ3) is 6.17. The van der Waals surface area contributed by atoms with Crippen LogP contribution in [-0.4, -0.2) is 35.3 Å². The molecule has 0 saturated carbocycles. The molecule has 0 aliphatic heterocycles. The van der Waals surface area contributed by atoms with E-state index in [1.807, 2.05) is 25.1 Å². The summed E-state index contributed by atoms with van der Waals surface area (Å²) < 4.78 is 32.7. The van der Waals surface area contributed by atoms with Crippen molar-refractivity contribution in [1.29, 1.82) is 0 Å². The van der Waals surface area contributed by atoms with E-state index in [0.717, 1.165) is 28.6 Å². The van der Waals surface area contributed by atoms with Gasteiger partial charge in [-0.05, 0) is 72.0 Å². The van der Waals surface area contributed by atoms with Gasteiger partial charge in [-0.1, -0.05) is 37.3 Å². The van der Waals surface area contributed by atoms with Crippen molar-refractivity contribution in [1.82, 2.24) is 10.3 Å². The van der Waals surface area contributed by atoms with Gasteiger partial charge < -0.3 is 20.1 Å². The van der Waals surface area contributed by atoms with Crippen LogP contribution in [0.25, 0.3) is 23.1 Å². The lowest BCUT2D eigenvalue weighted by atomic mass is 10.0. The van der Waals surface area contributed by atoms with Crippen molar-refractivity contribution < 1.29 is 23.4 Å². The highest BCUT2D eigenvalue weighted by Crippen LogP contribution is 2.24. The summed E-state index contributed by atoms with van der Waals surface area (Å²) in [6, 6.07) is 15.3. The van der Waals surface area contributed by atoms with Gasteiger partial charge in [0.25, 0.3) is 5.91 Å². The van der Waals surface area contributed by atoms with E-state index in [0.29, 0.717) is 29.7 Å². The quantitative estimate of drug-likeness (QED) is 0.248. The van der Waals surface area contributed by atoms with Gasteiger partial charge >= 0.3 is 0 Å². The molecule has 1 heterocycles. The summed E-state index contributed by atoms with van der Waals surface area (Å²) in [6.07, 6.45) is 6.52. The fourth-order valence-corrected chi connectivity index (χ4v) is 3.94. The van der Waals surface area contributed by atoms with Crippen molar-refractivity contribution in [2.45, 2.75) is 25.8 Å². The van der Waals surface area contributed by atoms with Gasteiger partial charge in [0.1, 0.15) is 17.4 Å². The Kier molecular flexibility index (Phi) is 8.13. The second kappa shape index (κ2) is 11.6. The maximum absolute atomic E-state index is 13.7. The van der Waals surface area contributed by atoms with Gasteiger partial charge in [-0.25, -0.2) is 8.78 Å². The van der Waals surface area contributed by atoms with E-state index in [9.17, 15) is 18.7 Å². The molecular formula is C29H28F2N2O3. The lowest BCUT2D eigenvalue weighted by molar-refractivity contribution is 0.0912. The number of amides is 1. The predicted molar refractivity (Wildman–Crippen MR) is 138 cm³/mol. The molecule has 0 aliphatic carbocycles. The number of hydrogen-bond donors (Lipinski definition) is 3. The van der Waals surface area contributed by atoms with Gasteiger partial charge in [0.2, 0.25) is 0 Å². The molecule has 5 nitrogen and oxygen atoms in total. The number of hydrogen-bond acceptors (Lipinski definition) is 3. The summed E-state index contributed by atoms with van der Waals surface area (Å²) in [4.78, 5) is 16.4. The zero-order valence-electron chi connectivity index (χ0n) is 19.9. The molecule has 0 spiro atoms. The van der Waals surface area contributed by atoms with Crippen LogP contribution < -0.4 is 10.1 Å². The maximum Gasteiger partial charge on any atom is 0.255 e. The van der Waals surface area contributed by atoms with E-state index in [1.165, 1.54) is 24.3 Å². The number of aromatic amines is 1. The molecule has 4 rings (SSSR count). The first kappa shape index (κ1) is 25.1. The van der Waals surface area contributed by atoms with Crippen molar-refractivity contribution in [2.24, 2.45) is 0 Å². The molecule has 1 atom stereocenters. The first-order chi connectivity index (χ1) is 17.5. The standard InChI is InChI=1S/C29H28F2N2O3/c1-2-13-36-28-12-7-20(4-3-19-5-8-22(30)9-6-19)14-26(28)29(35)33-24(18-34)15-21-17-32-27-11-10-23(31)16-25(21)27/h3-12,14,16-17,24,32,34H,2,13,15,18H2,1H3,(H,33,35). The van der Waals surface area contributed by atoms with Crippen LogP contribution in [0.4, 0.5) is 8.78 Å². The molecule has 1 aromatic heterocycles. The second-order valence-electron chi connectivity index (χ2n) is 8.55. The molecule has 3 aromatic carbocycles. The molecule has 1 unspecified atom stereocenters. The van der Waals surface area contributed by atoms with Crippen LogP contribution in [0.2, 0.25) is 0 Å². The Morgan fingerprint density at radius 2 is 1.75 bits per heavy atom. The van der Waals surface area contributed by atoms with Gasteiger partial charge in [-0.3, -0.25) is 4.79 Å². The minimum absolute atomic E-state index is 0.289. The van der Waals surface area contributed by atoms with Crippen molar-refractivity contribution in [3.8, 4) is 5.75 Å². The number of carbonyl (C=O) groups excluding carboxylic acids is 1. The van der Waals surface area contributed by atoms with E-state index in [2.05, 4.69) is 10.3 Å². The molecule has 1 amide bonds. The summed E-state index contributed by atoms with van der Waals surface area (Å²) in [5.74, 6) is -0.599.